The molecule has 0 aliphatic heterocycles. The van der Waals surface area contributed by atoms with E-state index in [4.69, 9.17) is 37.0 Å². The molecule has 0 saturated carbocycles. The first-order valence-electron chi connectivity index (χ1n) is 38.8. The minimum absolute atomic E-state index is 0.0684. The van der Waals surface area contributed by atoms with Crippen LogP contribution in [0.5, 0.6) is 0 Å². The molecule has 0 spiro atoms. The van der Waals surface area contributed by atoms with Gasteiger partial charge in [0.05, 0.1) is 26.4 Å². The van der Waals surface area contributed by atoms with Gasteiger partial charge < -0.3 is 33.8 Å². The number of allylic oxidation sites excluding steroid dienone is 14. The maximum absolute atomic E-state index is 13.1. The number of carbonyl (C=O) groups excluding carboxylic acids is 4. The van der Waals surface area contributed by atoms with Crippen LogP contribution in [0.1, 0.15) is 336 Å². The fourth-order valence-electron chi connectivity index (χ4n) is 10.4. The summed E-state index contributed by atoms with van der Waals surface area (Å²) in [6.07, 6.45) is 72.9. The van der Waals surface area contributed by atoms with Crippen molar-refractivity contribution < 1.29 is 80.2 Å². The van der Waals surface area contributed by atoms with Gasteiger partial charge >= 0.3 is 39.5 Å². The Hall–Kier alpha value is -3.76. The lowest BCUT2D eigenvalue weighted by Gasteiger charge is -2.21. The molecule has 5 atom stereocenters. The van der Waals surface area contributed by atoms with Crippen molar-refractivity contribution in [3.8, 4) is 0 Å². The summed E-state index contributed by atoms with van der Waals surface area (Å²) in [6, 6.07) is 0. The summed E-state index contributed by atoms with van der Waals surface area (Å²) >= 11 is 0. The van der Waals surface area contributed by atoms with Gasteiger partial charge in [-0.1, -0.05) is 273 Å². The van der Waals surface area contributed by atoms with Crippen molar-refractivity contribution in [2.75, 3.05) is 39.6 Å². The van der Waals surface area contributed by atoms with Crippen LogP contribution in [0.4, 0.5) is 0 Å². The quantitative estimate of drug-likeness (QED) is 0.0169. The third-order valence-electron chi connectivity index (χ3n) is 16.3. The molecule has 0 heterocycles. The van der Waals surface area contributed by atoms with E-state index in [2.05, 4.69) is 101 Å². The maximum Gasteiger partial charge on any atom is 0.472 e. The van der Waals surface area contributed by atoms with Crippen LogP contribution in [-0.4, -0.2) is 96.7 Å². The van der Waals surface area contributed by atoms with Gasteiger partial charge in [-0.3, -0.25) is 37.3 Å². The molecule has 0 aromatic rings. The molecule has 568 valence electrons. The molecule has 0 aliphatic carbocycles. The summed E-state index contributed by atoms with van der Waals surface area (Å²) in [5, 5.41) is 10.6. The minimum atomic E-state index is -4.99. The Bertz CT molecular complexity index is 2190. The van der Waals surface area contributed by atoms with Gasteiger partial charge in [-0.25, -0.2) is 9.13 Å². The minimum Gasteiger partial charge on any atom is -0.462 e. The van der Waals surface area contributed by atoms with Crippen LogP contribution in [0.25, 0.3) is 0 Å². The van der Waals surface area contributed by atoms with E-state index in [1.54, 1.807) is 0 Å². The average molecular weight is 1420 g/mol. The molecule has 19 heteroatoms. The molecule has 98 heavy (non-hydrogen) atoms. The molecule has 0 aromatic carbocycles. The second-order valence-electron chi connectivity index (χ2n) is 25.9. The van der Waals surface area contributed by atoms with Gasteiger partial charge in [0.1, 0.15) is 19.3 Å². The van der Waals surface area contributed by atoms with Crippen LogP contribution < -0.4 is 0 Å². The highest BCUT2D eigenvalue weighted by molar-refractivity contribution is 7.47. The lowest BCUT2D eigenvalue weighted by molar-refractivity contribution is -0.161. The Morgan fingerprint density at radius 3 is 0.847 bits per heavy atom. The first kappa shape index (κ1) is 94.2. The van der Waals surface area contributed by atoms with Crippen molar-refractivity contribution in [3.05, 3.63) is 85.1 Å². The van der Waals surface area contributed by atoms with Crippen molar-refractivity contribution in [2.24, 2.45) is 0 Å². The van der Waals surface area contributed by atoms with E-state index >= 15 is 0 Å². The second-order valence-corrected chi connectivity index (χ2v) is 28.9. The monoisotopic (exact) mass is 1420 g/mol. The Kier molecular flexibility index (Phi) is 68.9. The molecule has 0 aliphatic rings. The molecule has 0 rings (SSSR count). The molecule has 0 saturated heterocycles. The van der Waals surface area contributed by atoms with E-state index in [-0.39, 0.29) is 25.7 Å². The SMILES string of the molecule is CCCCC/C=C\C/C=C\C/C=C\C/C=C\CCCC(=O)OC[C@H](COP(=O)(O)OC[C@@H](O)COP(=O)(O)OC[C@@H](COC(=O)CCCCCCC/C=C\CCCCCC)OC(=O)CCCCCCCCCCCCCCC)OC(=O)CCCCCCC/C=C\C/C=C\CCCCC. The summed E-state index contributed by atoms with van der Waals surface area (Å²) in [5.41, 5.74) is 0. The predicted molar refractivity (Wildman–Crippen MR) is 399 cm³/mol. The predicted octanol–water partition coefficient (Wildman–Crippen LogP) is 22.2. The molecule has 0 radical (unpaired) electrons. The summed E-state index contributed by atoms with van der Waals surface area (Å²) in [4.78, 5) is 72.8. The number of rotatable bonds is 73. The Labute approximate surface area is 595 Å². The number of phosphoric acid groups is 2. The van der Waals surface area contributed by atoms with Gasteiger partial charge in [0.25, 0.3) is 0 Å². The molecule has 17 nitrogen and oxygen atoms in total. The number of esters is 4. The number of aliphatic hydroxyl groups is 1. The zero-order valence-corrected chi connectivity index (χ0v) is 63.7. The topological polar surface area (TPSA) is 237 Å². The van der Waals surface area contributed by atoms with E-state index in [0.29, 0.717) is 32.1 Å². The standard InChI is InChI=1S/C79H140O17P2/c1-5-9-13-17-21-25-29-33-35-36-38-41-44-48-52-56-60-64-77(82)90-70-75(96-79(84)66-62-58-54-50-46-42-37-34-30-26-22-18-14-10-6-2)72-94-98(87,88)92-68-73(80)67-91-97(85,86)93-71-74(95-78(83)65-61-57-53-49-45-40-32-28-24-20-16-12-8-4)69-89-76(81)63-59-55-51-47-43-39-31-27-23-19-15-11-7-3/h21-22,25-27,31,33-35,37-38,41,48,52,73-75,80H,5-20,23-24,28-30,32,36,39-40,42-47,49-51,53-72H2,1-4H3,(H,85,86)(H,87,88)/b25-21-,26-22-,31-27-,35-33-,37-34-,41-38-,52-48-/t73-,74+,75+/m0/s1. The van der Waals surface area contributed by atoms with Crippen molar-refractivity contribution in [3.63, 3.8) is 0 Å². The highest BCUT2D eigenvalue weighted by Crippen LogP contribution is 2.45. The molecule has 3 N–H and O–H groups in total. The van der Waals surface area contributed by atoms with Crippen LogP contribution in [0, 0.1) is 0 Å². The number of carbonyl (C=O) groups is 4. The van der Waals surface area contributed by atoms with Gasteiger partial charge in [-0.05, 0) is 122 Å². The van der Waals surface area contributed by atoms with Gasteiger partial charge in [0, 0.05) is 25.7 Å². The number of hydrogen-bond acceptors (Lipinski definition) is 15. The summed E-state index contributed by atoms with van der Waals surface area (Å²) < 4.78 is 68.4. The van der Waals surface area contributed by atoms with Crippen LogP contribution in [-0.2, 0) is 65.4 Å². The molecule has 0 aromatic heterocycles. The number of hydrogen-bond donors (Lipinski definition) is 3. The third kappa shape index (κ3) is 70.7. The van der Waals surface area contributed by atoms with Crippen LogP contribution in [0.15, 0.2) is 85.1 Å². The second kappa shape index (κ2) is 71.6. The van der Waals surface area contributed by atoms with Crippen molar-refractivity contribution >= 4 is 39.5 Å². The van der Waals surface area contributed by atoms with E-state index < -0.39 is 97.5 Å². The first-order valence-corrected chi connectivity index (χ1v) is 41.8. The molecule has 0 amide bonds. The summed E-state index contributed by atoms with van der Waals surface area (Å²) in [6.45, 7) is 4.75. The van der Waals surface area contributed by atoms with Crippen LogP contribution >= 0.6 is 15.6 Å². The van der Waals surface area contributed by atoms with Gasteiger partial charge in [0.15, 0.2) is 12.2 Å². The van der Waals surface area contributed by atoms with Crippen molar-refractivity contribution in [2.45, 2.75) is 354 Å². The highest BCUT2D eigenvalue weighted by Gasteiger charge is 2.30. The molecule has 2 unspecified atom stereocenters. The lowest BCUT2D eigenvalue weighted by atomic mass is 10.0. The van der Waals surface area contributed by atoms with E-state index in [1.807, 2.05) is 12.2 Å². The Morgan fingerprint density at radius 2 is 0.510 bits per heavy atom. The maximum atomic E-state index is 13.1. The fraction of sp³-hybridized carbons (Fsp3) is 0.772. The van der Waals surface area contributed by atoms with Crippen molar-refractivity contribution in [1.29, 1.82) is 0 Å². The van der Waals surface area contributed by atoms with Crippen LogP contribution in [0.3, 0.4) is 0 Å². The number of phosphoric ester groups is 2. The zero-order valence-electron chi connectivity index (χ0n) is 62.0. The lowest BCUT2D eigenvalue weighted by Crippen LogP contribution is -2.30. The zero-order chi connectivity index (χ0) is 71.8. The van der Waals surface area contributed by atoms with Gasteiger partial charge in [0.2, 0.25) is 0 Å². The van der Waals surface area contributed by atoms with Gasteiger partial charge in [-0.2, -0.15) is 0 Å². The highest BCUT2D eigenvalue weighted by atomic mass is 31.2. The summed E-state index contributed by atoms with van der Waals surface area (Å²) in [5.74, 6) is -2.25. The molecule has 0 bridgehead atoms. The number of aliphatic hydroxyl groups excluding tert-OH is 1. The fourth-order valence-corrected chi connectivity index (χ4v) is 11.9. The Morgan fingerprint density at radius 1 is 0.286 bits per heavy atom. The van der Waals surface area contributed by atoms with E-state index in [1.165, 1.54) is 116 Å². The third-order valence-corrected chi connectivity index (χ3v) is 18.2. The van der Waals surface area contributed by atoms with Crippen LogP contribution in [0.2, 0.25) is 0 Å². The summed E-state index contributed by atoms with van der Waals surface area (Å²) in [7, 11) is -9.96. The number of unbranched alkanes of at least 4 members (excludes halogenated alkanes) is 33. The normalized spacial score (nSPS) is 14.4. The van der Waals surface area contributed by atoms with E-state index in [9.17, 15) is 43.2 Å². The molecule has 0 fully saturated rings. The van der Waals surface area contributed by atoms with Crippen molar-refractivity contribution in [1.82, 2.24) is 0 Å². The average Bonchev–Trinajstić information content (AvgIpc) is 1.05. The van der Waals surface area contributed by atoms with Gasteiger partial charge in [-0.15, -0.1) is 0 Å². The molecular weight excluding hydrogens is 1280 g/mol. The number of ether oxygens (including phenoxy) is 4. The molecular formula is C79H140O17P2. The van der Waals surface area contributed by atoms with E-state index in [0.717, 1.165) is 135 Å². The first-order chi connectivity index (χ1) is 47.7. The smallest absolute Gasteiger partial charge is 0.462 e. The largest absolute Gasteiger partial charge is 0.472 e. The Balaban J connectivity index is 5.39.